The molecule has 0 spiro atoms. The minimum absolute atomic E-state index is 0.165. The topological polar surface area (TPSA) is 21.3 Å². The van der Waals surface area contributed by atoms with Crippen molar-refractivity contribution in [1.82, 2.24) is 5.32 Å². The van der Waals surface area contributed by atoms with Crippen molar-refractivity contribution in [3.8, 4) is 5.75 Å². The van der Waals surface area contributed by atoms with Gasteiger partial charge in [0.15, 0.2) is 0 Å². The number of hydrogen-bond donors (Lipinski definition) is 1. The summed E-state index contributed by atoms with van der Waals surface area (Å²) in [5, 5.41) is 2.95. The predicted molar refractivity (Wildman–Crippen MR) is 58.3 cm³/mol. The van der Waals surface area contributed by atoms with E-state index in [0.29, 0.717) is 0 Å². The van der Waals surface area contributed by atoms with E-state index in [1.807, 2.05) is 25.2 Å². The fourth-order valence-corrected chi connectivity index (χ4v) is 1.70. The van der Waals surface area contributed by atoms with Gasteiger partial charge in [0.1, 0.15) is 11.3 Å². The van der Waals surface area contributed by atoms with Crippen molar-refractivity contribution in [2.24, 2.45) is 0 Å². The molecule has 0 aliphatic rings. The zero-order chi connectivity index (χ0) is 9.84. The summed E-state index contributed by atoms with van der Waals surface area (Å²) in [6.45, 7) is 0. The van der Waals surface area contributed by atoms with E-state index in [-0.39, 0.29) is 5.50 Å². The van der Waals surface area contributed by atoms with Gasteiger partial charge in [0, 0.05) is 0 Å². The molecule has 1 atom stereocenters. The van der Waals surface area contributed by atoms with Crippen LogP contribution in [0.1, 0.15) is 11.1 Å². The minimum Gasteiger partial charge on any atom is -0.496 e. The second kappa shape index (κ2) is 4.84. The van der Waals surface area contributed by atoms with E-state index < -0.39 is 0 Å². The summed E-state index contributed by atoms with van der Waals surface area (Å²) >= 11 is 9.38. The van der Waals surface area contributed by atoms with Crippen LogP contribution in [0.2, 0.25) is 0 Å². The maximum absolute atomic E-state index is 5.99. The molecule has 0 aliphatic heterocycles. The van der Waals surface area contributed by atoms with Gasteiger partial charge >= 0.3 is 0 Å². The van der Waals surface area contributed by atoms with Gasteiger partial charge in [-0.1, -0.05) is 6.07 Å². The van der Waals surface area contributed by atoms with Crippen molar-refractivity contribution in [3.63, 3.8) is 0 Å². The lowest BCUT2D eigenvalue weighted by atomic mass is 10.2. The molecule has 1 rings (SSSR count). The molecule has 1 aromatic rings. The van der Waals surface area contributed by atoms with Crippen LogP contribution >= 0.6 is 27.5 Å². The van der Waals surface area contributed by atoms with Crippen molar-refractivity contribution in [1.29, 1.82) is 0 Å². The van der Waals surface area contributed by atoms with Crippen molar-refractivity contribution in [2.45, 2.75) is 5.50 Å². The Labute approximate surface area is 91.4 Å². The average Bonchev–Trinajstić information content (AvgIpc) is 2.16. The number of benzene rings is 1. The van der Waals surface area contributed by atoms with E-state index >= 15 is 0 Å². The van der Waals surface area contributed by atoms with Crippen molar-refractivity contribution in [2.75, 3.05) is 14.2 Å². The molecule has 0 aliphatic carbocycles. The highest BCUT2D eigenvalue weighted by molar-refractivity contribution is 9.10. The maximum atomic E-state index is 5.99. The van der Waals surface area contributed by atoms with E-state index in [0.717, 1.165) is 15.8 Å². The largest absolute Gasteiger partial charge is 0.496 e. The van der Waals surface area contributed by atoms with Crippen LogP contribution in [0.25, 0.3) is 0 Å². The number of rotatable bonds is 3. The van der Waals surface area contributed by atoms with Crippen LogP contribution in [0.3, 0.4) is 0 Å². The Morgan fingerprint density at radius 2 is 2.23 bits per heavy atom. The molecule has 0 heterocycles. The van der Waals surface area contributed by atoms with Gasteiger partial charge in [0.05, 0.1) is 11.6 Å². The third kappa shape index (κ3) is 2.59. The zero-order valence-corrected chi connectivity index (χ0v) is 9.82. The molecule has 0 saturated carbocycles. The molecule has 1 aromatic carbocycles. The minimum atomic E-state index is -0.165. The lowest BCUT2D eigenvalue weighted by Gasteiger charge is -2.10. The number of alkyl halides is 1. The molecule has 0 bridgehead atoms. The predicted octanol–water partition coefficient (Wildman–Crippen LogP) is 2.91. The maximum Gasteiger partial charge on any atom is 0.133 e. The number of nitrogens with one attached hydrogen (secondary N) is 1. The highest BCUT2D eigenvalue weighted by Crippen LogP contribution is 2.28. The van der Waals surface area contributed by atoms with Crippen molar-refractivity contribution < 1.29 is 4.74 Å². The van der Waals surface area contributed by atoms with Crippen LogP contribution in [0.15, 0.2) is 22.7 Å². The Balaban J connectivity index is 2.95. The van der Waals surface area contributed by atoms with Gasteiger partial charge in [-0.3, -0.25) is 0 Å². The van der Waals surface area contributed by atoms with Crippen LogP contribution < -0.4 is 10.1 Å². The number of halogens is 2. The van der Waals surface area contributed by atoms with E-state index in [2.05, 4.69) is 21.2 Å². The Hall–Kier alpha value is -0.250. The Bertz CT molecular complexity index is 293. The first-order valence-corrected chi connectivity index (χ1v) is 5.06. The first kappa shape index (κ1) is 10.8. The van der Waals surface area contributed by atoms with Crippen LogP contribution in [0, 0.1) is 0 Å². The summed E-state index contributed by atoms with van der Waals surface area (Å²) in [6, 6.07) is 5.75. The SMILES string of the molecule is CNC(Cl)c1ccc(OC)c(Br)c1. The molecular formula is C9H11BrClNO. The molecule has 1 unspecified atom stereocenters. The lowest BCUT2D eigenvalue weighted by Crippen LogP contribution is -2.09. The van der Waals surface area contributed by atoms with Gasteiger partial charge in [-0.25, -0.2) is 0 Å². The van der Waals surface area contributed by atoms with Gasteiger partial charge in [-0.15, -0.1) is 11.6 Å². The molecule has 4 heteroatoms. The van der Waals surface area contributed by atoms with E-state index in [1.54, 1.807) is 7.11 Å². The second-order valence-corrected chi connectivity index (χ2v) is 3.84. The summed E-state index contributed by atoms with van der Waals surface area (Å²) in [7, 11) is 3.45. The van der Waals surface area contributed by atoms with Crippen molar-refractivity contribution >= 4 is 27.5 Å². The van der Waals surface area contributed by atoms with E-state index in [4.69, 9.17) is 16.3 Å². The van der Waals surface area contributed by atoms with Gasteiger partial charge in [0.2, 0.25) is 0 Å². The second-order valence-electron chi connectivity index (χ2n) is 2.55. The summed E-state index contributed by atoms with van der Waals surface area (Å²) in [4.78, 5) is 0. The number of methoxy groups -OCH3 is 1. The average molecular weight is 265 g/mol. The van der Waals surface area contributed by atoms with E-state index in [1.165, 1.54) is 0 Å². The van der Waals surface area contributed by atoms with E-state index in [9.17, 15) is 0 Å². The Morgan fingerprint density at radius 1 is 1.54 bits per heavy atom. The zero-order valence-electron chi connectivity index (χ0n) is 7.47. The first-order valence-electron chi connectivity index (χ1n) is 3.83. The summed E-state index contributed by atoms with van der Waals surface area (Å²) in [5.74, 6) is 0.809. The van der Waals surface area contributed by atoms with Crippen molar-refractivity contribution in [3.05, 3.63) is 28.2 Å². The van der Waals surface area contributed by atoms with Crippen LogP contribution in [-0.2, 0) is 0 Å². The molecule has 13 heavy (non-hydrogen) atoms. The molecule has 0 fully saturated rings. The highest BCUT2D eigenvalue weighted by Gasteiger charge is 2.07. The van der Waals surface area contributed by atoms with Crippen LogP contribution in [0.4, 0.5) is 0 Å². The van der Waals surface area contributed by atoms with Crippen LogP contribution in [0.5, 0.6) is 5.75 Å². The molecule has 2 nitrogen and oxygen atoms in total. The Morgan fingerprint density at radius 3 is 2.69 bits per heavy atom. The lowest BCUT2D eigenvalue weighted by molar-refractivity contribution is 0.412. The number of ether oxygens (including phenoxy) is 1. The fraction of sp³-hybridized carbons (Fsp3) is 0.333. The van der Waals surface area contributed by atoms with Gasteiger partial charge in [-0.2, -0.15) is 0 Å². The third-order valence-corrected chi connectivity index (χ3v) is 2.81. The fourth-order valence-electron chi connectivity index (χ4n) is 1.01. The standard InChI is InChI=1S/C9H11BrClNO/c1-12-9(11)6-3-4-8(13-2)7(10)5-6/h3-5,9,12H,1-2H3. The first-order chi connectivity index (χ1) is 6.19. The molecule has 1 N–H and O–H groups in total. The van der Waals surface area contributed by atoms with Crippen LogP contribution in [-0.4, -0.2) is 14.2 Å². The molecule has 0 aromatic heterocycles. The quantitative estimate of drug-likeness (QED) is 0.669. The molecule has 0 amide bonds. The molecule has 72 valence electrons. The normalized spacial score (nSPS) is 12.6. The van der Waals surface area contributed by atoms with Gasteiger partial charge in [0.25, 0.3) is 0 Å². The van der Waals surface area contributed by atoms with Gasteiger partial charge in [-0.05, 0) is 40.7 Å². The highest BCUT2D eigenvalue weighted by atomic mass is 79.9. The smallest absolute Gasteiger partial charge is 0.133 e. The summed E-state index contributed by atoms with van der Waals surface area (Å²) in [6.07, 6.45) is 0. The molecule has 0 radical (unpaired) electrons. The monoisotopic (exact) mass is 263 g/mol. The summed E-state index contributed by atoms with van der Waals surface area (Å²) in [5.41, 5.74) is 0.846. The Kier molecular flexibility index (Phi) is 4.03. The molecular weight excluding hydrogens is 253 g/mol. The molecule has 0 saturated heterocycles. The third-order valence-electron chi connectivity index (χ3n) is 1.72. The van der Waals surface area contributed by atoms with Gasteiger partial charge < -0.3 is 10.1 Å². The summed E-state index contributed by atoms with van der Waals surface area (Å²) < 4.78 is 6.01. The number of hydrogen-bond acceptors (Lipinski definition) is 2.